The normalized spacial score (nSPS) is 27.6. The van der Waals surface area contributed by atoms with Crippen LogP contribution in [0, 0.1) is 5.92 Å². The van der Waals surface area contributed by atoms with Crippen molar-refractivity contribution in [1.82, 2.24) is 9.97 Å². The van der Waals surface area contributed by atoms with Gasteiger partial charge in [-0.15, -0.1) is 0 Å². The van der Waals surface area contributed by atoms with Crippen molar-refractivity contribution in [2.75, 3.05) is 23.7 Å². The summed E-state index contributed by atoms with van der Waals surface area (Å²) in [5.41, 5.74) is 7.62. The fraction of sp³-hybridized carbons (Fsp3) is 0.667. The van der Waals surface area contributed by atoms with Gasteiger partial charge in [-0.25, -0.2) is 4.98 Å². The summed E-state index contributed by atoms with van der Waals surface area (Å²) in [6, 6.07) is 1.88. The average molecular weight is 390 g/mol. The van der Waals surface area contributed by atoms with Crippen LogP contribution in [0.2, 0.25) is 0 Å². The van der Waals surface area contributed by atoms with Gasteiger partial charge in [0.15, 0.2) is 5.50 Å². The number of hydrogen-bond donors (Lipinski definition) is 4. The smallest absolute Gasteiger partial charge is 0.224 e. The van der Waals surface area contributed by atoms with Crippen LogP contribution in [0.1, 0.15) is 44.2 Å². The Morgan fingerprint density at radius 2 is 2.07 bits per heavy atom. The molecule has 0 radical (unpaired) electrons. The summed E-state index contributed by atoms with van der Waals surface area (Å²) in [5.74, 6) is 1.87. The van der Waals surface area contributed by atoms with Crippen molar-refractivity contribution in [3.8, 4) is 0 Å². The summed E-state index contributed by atoms with van der Waals surface area (Å²) in [4.78, 5) is 18.4. The molecule has 3 aliphatic rings. The summed E-state index contributed by atoms with van der Waals surface area (Å²) in [6.45, 7) is 2.07. The Kier molecular flexibility index (Phi) is 5.89. The maximum Gasteiger partial charge on any atom is 0.224 e. The highest BCUT2D eigenvalue weighted by atomic mass is 32.2. The second-order valence-electron chi connectivity index (χ2n) is 7.31. The monoisotopic (exact) mass is 389 g/mol. The molecule has 3 heterocycles. The molecular weight excluding hydrogens is 362 g/mol. The first kappa shape index (κ1) is 18.6. The van der Waals surface area contributed by atoms with E-state index in [1.54, 1.807) is 11.8 Å². The van der Waals surface area contributed by atoms with Crippen molar-refractivity contribution in [3.05, 3.63) is 11.8 Å². The van der Waals surface area contributed by atoms with E-state index < -0.39 is 0 Å². The van der Waals surface area contributed by atoms with E-state index in [1.807, 2.05) is 6.07 Å². The molecule has 1 saturated carbocycles. The number of rotatable bonds is 6. The summed E-state index contributed by atoms with van der Waals surface area (Å²) in [5, 5.41) is 17.4. The number of aliphatic imine (C=N–C) groups is 2. The van der Waals surface area contributed by atoms with Crippen molar-refractivity contribution in [2.24, 2.45) is 21.6 Å². The molecule has 8 nitrogen and oxygen atoms in total. The second-order valence-corrected chi connectivity index (χ2v) is 8.38. The molecular formula is C18H27N7OS. The van der Waals surface area contributed by atoms with E-state index in [9.17, 15) is 5.11 Å². The Balaban J connectivity index is 1.39. The van der Waals surface area contributed by atoms with Crippen molar-refractivity contribution in [3.63, 3.8) is 0 Å². The van der Waals surface area contributed by atoms with E-state index in [2.05, 4.69) is 25.6 Å². The largest absolute Gasteiger partial charge is 0.393 e. The van der Waals surface area contributed by atoms with E-state index in [1.165, 1.54) is 0 Å². The van der Waals surface area contributed by atoms with Crippen molar-refractivity contribution in [2.45, 2.75) is 56.7 Å². The third-order valence-electron chi connectivity index (χ3n) is 5.20. The zero-order valence-electron chi connectivity index (χ0n) is 15.4. The van der Waals surface area contributed by atoms with Crippen LogP contribution in [-0.4, -0.2) is 50.5 Å². The van der Waals surface area contributed by atoms with Crippen molar-refractivity contribution < 1.29 is 5.11 Å². The van der Waals surface area contributed by atoms with Crippen LogP contribution in [0.4, 0.5) is 11.8 Å². The van der Waals surface area contributed by atoms with E-state index >= 15 is 0 Å². The van der Waals surface area contributed by atoms with E-state index in [-0.39, 0.29) is 11.6 Å². The third kappa shape index (κ3) is 4.77. The standard InChI is InChI=1S/C18H27N7OS/c19-9-12-8-15(25-18-23-14-2-1-7-20-16(14)27-18)24-17(22-12)21-10-11-3-5-13(26)6-4-11/h8,11,13,18,26H,1-7,9-10,19H2,(H2,21,22,24,25). The highest BCUT2D eigenvalue weighted by Crippen LogP contribution is 2.29. The van der Waals surface area contributed by atoms with E-state index in [4.69, 9.17) is 10.7 Å². The van der Waals surface area contributed by atoms with Gasteiger partial charge in [-0.2, -0.15) is 4.98 Å². The maximum absolute atomic E-state index is 9.64. The van der Waals surface area contributed by atoms with Crippen LogP contribution < -0.4 is 16.4 Å². The molecule has 1 fully saturated rings. The first-order valence-electron chi connectivity index (χ1n) is 9.74. The van der Waals surface area contributed by atoms with Gasteiger partial charge in [-0.3, -0.25) is 9.98 Å². The Morgan fingerprint density at radius 1 is 1.22 bits per heavy atom. The average Bonchev–Trinajstić information content (AvgIpc) is 3.09. The predicted octanol–water partition coefficient (Wildman–Crippen LogP) is 1.97. The lowest BCUT2D eigenvalue weighted by molar-refractivity contribution is 0.111. The van der Waals surface area contributed by atoms with Crippen LogP contribution in [0.5, 0.6) is 0 Å². The number of thioether (sulfide) groups is 1. The quantitative estimate of drug-likeness (QED) is 0.587. The molecule has 1 aromatic heterocycles. The van der Waals surface area contributed by atoms with Gasteiger partial charge in [0.05, 0.1) is 17.5 Å². The molecule has 0 aromatic carbocycles. The number of nitrogens with zero attached hydrogens (tertiary/aromatic N) is 4. The lowest BCUT2D eigenvalue weighted by atomic mass is 9.87. The van der Waals surface area contributed by atoms with Gasteiger partial charge in [0.25, 0.3) is 0 Å². The molecule has 2 aliphatic heterocycles. The first-order valence-corrected chi connectivity index (χ1v) is 10.6. The highest BCUT2D eigenvalue weighted by Gasteiger charge is 2.27. The maximum atomic E-state index is 9.64. The minimum Gasteiger partial charge on any atom is -0.393 e. The van der Waals surface area contributed by atoms with Gasteiger partial charge >= 0.3 is 0 Å². The van der Waals surface area contributed by atoms with Gasteiger partial charge in [-0.05, 0) is 44.4 Å². The molecule has 4 rings (SSSR count). The molecule has 1 aliphatic carbocycles. The molecule has 27 heavy (non-hydrogen) atoms. The van der Waals surface area contributed by atoms with Crippen molar-refractivity contribution in [1.29, 1.82) is 0 Å². The Bertz CT molecular complexity index is 730. The number of aliphatic hydroxyl groups excluding tert-OH is 1. The van der Waals surface area contributed by atoms with Gasteiger partial charge in [0.2, 0.25) is 5.95 Å². The van der Waals surface area contributed by atoms with Gasteiger partial charge in [0, 0.05) is 25.7 Å². The van der Waals surface area contributed by atoms with E-state index in [0.717, 1.165) is 73.9 Å². The van der Waals surface area contributed by atoms with Crippen LogP contribution in [0.3, 0.4) is 0 Å². The lowest BCUT2D eigenvalue weighted by Gasteiger charge is -2.25. The number of nitrogens with two attached hydrogens (primary N) is 1. The zero-order chi connectivity index (χ0) is 18.6. The molecule has 0 spiro atoms. The number of nitrogens with one attached hydrogen (secondary N) is 2. The number of anilines is 2. The molecule has 1 aromatic rings. The minimum absolute atomic E-state index is 0.0925. The molecule has 146 valence electrons. The van der Waals surface area contributed by atoms with Crippen LogP contribution >= 0.6 is 11.8 Å². The Morgan fingerprint density at radius 3 is 2.85 bits per heavy atom. The van der Waals surface area contributed by atoms with Gasteiger partial charge in [0.1, 0.15) is 10.9 Å². The van der Waals surface area contributed by atoms with Crippen LogP contribution in [0.15, 0.2) is 16.1 Å². The number of aromatic nitrogens is 2. The highest BCUT2D eigenvalue weighted by molar-refractivity contribution is 8.16. The van der Waals surface area contributed by atoms with E-state index in [0.29, 0.717) is 18.4 Å². The number of aliphatic hydroxyl groups is 1. The topological polar surface area (TPSA) is 121 Å². The third-order valence-corrected chi connectivity index (χ3v) is 6.23. The molecule has 1 unspecified atom stereocenters. The predicted molar refractivity (Wildman–Crippen MR) is 110 cm³/mol. The summed E-state index contributed by atoms with van der Waals surface area (Å²) < 4.78 is 0. The molecule has 0 amide bonds. The molecule has 0 bridgehead atoms. The number of hydrogen-bond acceptors (Lipinski definition) is 9. The molecule has 9 heteroatoms. The van der Waals surface area contributed by atoms with Crippen molar-refractivity contribution >= 4 is 34.3 Å². The summed E-state index contributed by atoms with van der Waals surface area (Å²) >= 11 is 1.64. The summed E-state index contributed by atoms with van der Waals surface area (Å²) in [7, 11) is 0. The van der Waals surface area contributed by atoms with Crippen LogP contribution in [0.25, 0.3) is 0 Å². The molecule has 0 saturated heterocycles. The molecule has 1 atom stereocenters. The zero-order valence-corrected chi connectivity index (χ0v) is 16.2. The SMILES string of the molecule is NCc1cc(NC2N=C3CCCN=C3S2)nc(NCC2CCC(O)CC2)n1. The second kappa shape index (κ2) is 8.53. The lowest BCUT2D eigenvalue weighted by Crippen LogP contribution is -2.24. The number of fused-ring (bicyclic) bond motifs is 1. The minimum atomic E-state index is -0.132. The fourth-order valence-corrected chi connectivity index (χ4v) is 4.68. The molecule has 5 N–H and O–H groups in total. The fourth-order valence-electron chi connectivity index (χ4n) is 3.65. The van der Waals surface area contributed by atoms with Gasteiger partial charge in [-0.1, -0.05) is 11.8 Å². The first-order chi connectivity index (χ1) is 13.2. The van der Waals surface area contributed by atoms with Crippen LogP contribution in [-0.2, 0) is 6.54 Å². The van der Waals surface area contributed by atoms with Gasteiger partial charge < -0.3 is 21.5 Å². The Hall–Kier alpha value is -1.71. The summed E-state index contributed by atoms with van der Waals surface area (Å²) in [6.07, 6.45) is 5.78. The Labute approximate surface area is 163 Å².